The molecule has 0 spiro atoms. The molecule has 1 fully saturated rings. The first-order chi connectivity index (χ1) is 6.97. The van der Waals surface area contributed by atoms with Gasteiger partial charge in [-0.05, 0) is 24.8 Å². The molecule has 1 aliphatic rings. The topological polar surface area (TPSA) is 43.8 Å². The monoisotopic (exact) mass is 255 g/mol. The summed E-state index contributed by atoms with van der Waals surface area (Å²) in [6, 6.07) is 1.15. The third kappa shape index (κ3) is 2.68. The van der Waals surface area contributed by atoms with Gasteiger partial charge >= 0.3 is 6.18 Å². The Morgan fingerprint density at radius 1 is 1.44 bits per heavy atom. The third-order valence-corrected chi connectivity index (χ3v) is 2.71. The summed E-state index contributed by atoms with van der Waals surface area (Å²) in [6.07, 6.45) is -1.56. The Morgan fingerprint density at radius 3 is 2.56 bits per heavy atom. The summed E-state index contributed by atoms with van der Waals surface area (Å²) in [5.74, 6) is 0.237. The van der Waals surface area contributed by atoms with Gasteiger partial charge in [0, 0.05) is 18.8 Å². The minimum atomic E-state index is -4.32. The lowest BCUT2D eigenvalue weighted by atomic mass is 9.81. The molecule has 0 aromatic carbocycles. The van der Waals surface area contributed by atoms with Gasteiger partial charge in [0.05, 0.1) is 0 Å². The van der Waals surface area contributed by atoms with Gasteiger partial charge in [-0.1, -0.05) is 0 Å². The zero-order chi connectivity index (χ0) is 11.1. The fourth-order valence-corrected chi connectivity index (χ4v) is 1.90. The van der Waals surface area contributed by atoms with Gasteiger partial charge in [0.25, 0.3) is 0 Å². The Bertz CT molecular complexity index is 344. The average molecular weight is 256 g/mol. The Morgan fingerprint density at radius 2 is 2.06 bits per heavy atom. The molecule has 1 saturated carbocycles. The minimum Gasteiger partial charge on any atom is -0.328 e. The molecule has 3 nitrogen and oxygen atoms in total. The van der Waals surface area contributed by atoms with E-state index in [0.717, 1.165) is 23.6 Å². The second-order valence-corrected chi connectivity index (χ2v) is 3.99. The predicted octanol–water partition coefficient (Wildman–Crippen LogP) is 2.06. The number of hydrogen-bond donors (Lipinski definition) is 1. The molecule has 2 rings (SSSR count). The van der Waals surface area contributed by atoms with Crippen LogP contribution in [0.2, 0.25) is 0 Å². The van der Waals surface area contributed by atoms with Crippen LogP contribution in [0.15, 0.2) is 12.3 Å². The maximum atomic E-state index is 12.4. The van der Waals surface area contributed by atoms with Gasteiger partial charge in [-0.3, -0.25) is 4.68 Å². The Balaban J connectivity index is 0.00000128. The van der Waals surface area contributed by atoms with Gasteiger partial charge in [-0.2, -0.15) is 18.3 Å². The molecule has 0 unspecified atom stereocenters. The van der Waals surface area contributed by atoms with Gasteiger partial charge < -0.3 is 5.73 Å². The van der Waals surface area contributed by atoms with E-state index in [9.17, 15) is 13.2 Å². The molecule has 7 heteroatoms. The molecule has 0 atom stereocenters. The number of hydrogen-bond acceptors (Lipinski definition) is 2. The summed E-state index contributed by atoms with van der Waals surface area (Å²) in [5, 5.41) is 3.69. The van der Waals surface area contributed by atoms with Crippen LogP contribution in [0.3, 0.4) is 0 Å². The van der Waals surface area contributed by atoms with Crippen molar-refractivity contribution in [1.29, 1.82) is 0 Å². The largest absolute Gasteiger partial charge is 0.433 e. The van der Waals surface area contributed by atoms with Crippen molar-refractivity contribution in [2.75, 3.05) is 0 Å². The number of nitrogens with two attached hydrogens (primary N) is 1. The molecule has 1 aromatic heterocycles. The standard InChI is InChI=1S/C9H12F3N3.ClH/c10-9(11,12)8-1-2-14-15(8)5-6-3-7(13)4-6;/h1-2,6-7H,3-5,13H2;1H/t6-,7+;. The lowest BCUT2D eigenvalue weighted by Gasteiger charge is -2.32. The van der Waals surface area contributed by atoms with Crippen LogP contribution < -0.4 is 5.73 Å². The van der Waals surface area contributed by atoms with Crippen molar-refractivity contribution < 1.29 is 13.2 Å². The number of nitrogens with zero attached hydrogens (tertiary/aromatic N) is 2. The van der Waals surface area contributed by atoms with Crippen LogP contribution in [0.1, 0.15) is 18.5 Å². The molecule has 0 bridgehead atoms. The third-order valence-electron chi connectivity index (χ3n) is 2.71. The van der Waals surface area contributed by atoms with Gasteiger partial charge in [0.15, 0.2) is 0 Å². The van der Waals surface area contributed by atoms with Crippen LogP contribution in [0.4, 0.5) is 13.2 Å². The van der Waals surface area contributed by atoms with E-state index in [2.05, 4.69) is 5.10 Å². The normalized spacial score (nSPS) is 24.8. The van der Waals surface area contributed by atoms with E-state index in [1.165, 1.54) is 6.20 Å². The van der Waals surface area contributed by atoms with Crippen molar-refractivity contribution >= 4 is 12.4 Å². The van der Waals surface area contributed by atoms with Crippen LogP contribution in [0.5, 0.6) is 0 Å². The Labute approximate surface area is 97.2 Å². The second kappa shape index (κ2) is 4.63. The lowest BCUT2D eigenvalue weighted by molar-refractivity contribution is -0.144. The summed E-state index contributed by atoms with van der Waals surface area (Å²) in [7, 11) is 0. The first-order valence-electron chi connectivity index (χ1n) is 4.81. The van der Waals surface area contributed by atoms with Crippen molar-refractivity contribution in [2.24, 2.45) is 11.7 Å². The maximum Gasteiger partial charge on any atom is 0.433 e. The molecule has 1 heterocycles. The van der Waals surface area contributed by atoms with Crippen molar-refractivity contribution in [1.82, 2.24) is 9.78 Å². The molecule has 0 saturated heterocycles. The second-order valence-electron chi connectivity index (χ2n) is 3.99. The van der Waals surface area contributed by atoms with Crippen molar-refractivity contribution in [3.63, 3.8) is 0 Å². The van der Waals surface area contributed by atoms with E-state index >= 15 is 0 Å². The lowest BCUT2D eigenvalue weighted by Crippen LogP contribution is -2.38. The smallest absolute Gasteiger partial charge is 0.328 e. The minimum absolute atomic E-state index is 0. The van der Waals surface area contributed by atoms with E-state index in [0.29, 0.717) is 6.54 Å². The number of alkyl halides is 3. The zero-order valence-electron chi connectivity index (χ0n) is 8.44. The van der Waals surface area contributed by atoms with E-state index < -0.39 is 11.9 Å². The molecule has 1 aromatic rings. The van der Waals surface area contributed by atoms with Gasteiger partial charge in [-0.25, -0.2) is 0 Å². The highest BCUT2D eigenvalue weighted by Gasteiger charge is 2.36. The van der Waals surface area contributed by atoms with Gasteiger partial charge in [-0.15, -0.1) is 12.4 Å². The van der Waals surface area contributed by atoms with E-state index in [4.69, 9.17) is 5.73 Å². The molecule has 0 aliphatic heterocycles. The molecule has 2 N–H and O–H groups in total. The molecular weight excluding hydrogens is 243 g/mol. The maximum absolute atomic E-state index is 12.4. The number of aromatic nitrogens is 2. The van der Waals surface area contributed by atoms with E-state index in [1.54, 1.807) is 0 Å². The predicted molar refractivity (Wildman–Crippen MR) is 55.2 cm³/mol. The quantitative estimate of drug-likeness (QED) is 0.879. The molecule has 0 radical (unpaired) electrons. The van der Waals surface area contributed by atoms with Gasteiger partial charge in [0.2, 0.25) is 0 Å². The van der Waals surface area contributed by atoms with Crippen LogP contribution >= 0.6 is 12.4 Å². The van der Waals surface area contributed by atoms with Crippen molar-refractivity contribution in [3.05, 3.63) is 18.0 Å². The van der Waals surface area contributed by atoms with Gasteiger partial charge in [0.1, 0.15) is 5.69 Å². The summed E-state index contributed by atoms with van der Waals surface area (Å²) < 4.78 is 38.4. The van der Waals surface area contributed by atoms with Crippen LogP contribution in [-0.4, -0.2) is 15.8 Å². The highest BCUT2D eigenvalue weighted by Crippen LogP contribution is 2.32. The van der Waals surface area contributed by atoms with Crippen LogP contribution in [0, 0.1) is 5.92 Å². The Kier molecular flexibility index (Phi) is 3.85. The molecule has 1 aliphatic carbocycles. The Hall–Kier alpha value is -0.750. The average Bonchev–Trinajstić information content (AvgIpc) is 2.48. The highest BCUT2D eigenvalue weighted by molar-refractivity contribution is 5.85. The van der Waals surface area contributed by atoms with Crippen LogP contribution in [-0.2, 0) is 12.7 Å². The first kappa shape index (κ1) is 13.3. The van der Waals surface area contributed by atoms with E-state index in [-0.39, 0.29) is 24.4 Å². The molecule has 16 heavy (non-hydrogen) atoms. The highest BCUT2D eigenvalue weighted by atomic mass is 35.5. The molecule has 0 amide bonds. The first-order valence-corrected chi connectivity index (χ1v) is 4.81. The van der Waals surface area contributed by atoms with E-state index in [1.807, 2.05) is 0 Å². The summed E-state index contributed by atoms with van der Waals surface area (Å²) >= 11 is 0. The summed E-state index contributed by atoms with van der Waals surface area (Å²) in [4.78, 5) is 0. The van der Waals surface area contributed by atoms with Crippen LogP contribution in [0.25, 0.3) is 0 Å². The number of halogens is 4. The fourth-order valence-electron chi connectivity index (χ4n) is 1.90. The van der Waals surface area contributed by atoms with Crippen molar-refractivity contribution in [3.8, 4) is 0 Å². The zero-order valence-corrected chi connectivity index (χ0v) is 9.26. The molecule has 92 valence electrons. The molecular formula is C9H13ClF3N3. The number of rotatable bonds is 2. The van der Waals surface area contributed by atoms with Crippen molar-refractivity contribution in [2.45, 2.75) is 31.6 Å². The SMILES string of the molecule is Cl.N[C@H]1C[C@@H](Cn2nccc2C(F)(F)F)C1. The summed E-state index contributed by atoms with van der Waals surface area (Å²) in [6.45, 7) is 0.315. The fraction of sp³-hybridized carbons (Fsp3) is 0.667. The summed E-state index contributed by atoms with van der Waals surface area (Å²) in [5.41, 5.74) is 4.89.